The lowest BCUT2D eigenvalue weighted by Gasteiger charge is -2.33. The van der Waals surface area contributed by atoms with Crippen LogP contribution in [-0.2, 0) is 5.67 Å². The molecule has 0 heterocycles. The predicted molar refractivity (Wildman–Crippen MR) is 62.8 cm³/mol. The van der Waals surface area contributed by atoms with Crippen LogP contribution in [0.2, 0.25) is 0 Å². The molecular weight excluding hydrogens is 340 g/mol. The summed E-state index contributed by atoms with van der Waals surface area (Å²) in [6.45, 7) is 1.19. The zero-order valence-corrected chi connectivity index (χ0v) is 11.5. The van der Waals surface area contributed by atoms with E-state index in [0.29, 0.717) is 12.1 Å². The van der Waals surface area contributed by atoms with Crippen LogP contribution in [0.3, 0.4) is 0 Å². The Morgan fingerprint density at radius 2 is 1.53 bits per heavy atom. The Morgan fingerprint density at radius 3 is 1.84 bits per heavy atom. The van der Waals surface area contributed by atoms with Crippen molar-refractivity contribution in [1.29, 1.82) is 0 Å². The number of hydrogen-bond donors (Lipinski definition) is 1. The van der Waals surface area contributed by atoms with E-state index < -0.39 is 23.3 Å². The van der Waals surface area contributed by atoms with Gasteiger partial charge in [0.05, 0.1) is 0 Å². The fourth-order valence-electron chi connectivity index (χ4n) is 1.62. The fourth-order valence-corrected chi connectivity index (χ4v) is 2.18. The number of hydrogen-bond acceptors (Lipinski definition) is 1. The number of halogens is 7. The van der Waals surface area contributed by atoms with Crippen LogP contribution in [0, 0.1) is 6.92 Å². The van der Waals surface area contributed by atoms with Crippen molar-refractivity contribution in [3.05, 3.63) is 27.7 Å². The molecule has 0 bridgehead atoms. The summed E-state index contributed by atoms with van der Waals surface area (Å²) < 4.78 is 78.6. The average Bonchev–Trinajstić information content (AvgIpc) is 2.20. The smallest absolute Gasteiger partial charge is 0.398 e. The van der Waals surface area contributed by atoms with E-state index in [1.165, 1.54) is 6.92 Å². The maximum absolute atomic E-state index is 14.1. The summed E-state index contributed by atoms with van der Waals surface area (Å²) in [6, 6.07) is 1.29. The third-order valence-electron chi connectivity index (χ3n) is 2.73. The highest BCUT2D eigenvalue weighted by Crippen LogP contribution is 2.53. The van der Waals surface area contributed by atoms with E-state index in [4.69, 9.17) is 5.73 Å². The molecule has 0 aliphatic carbocycles. The van der Waals surface area contributed by atoms with Gasteiger partial charge in [-0.2, -0.15) is 13.2 Å². The number of rotatable bonds is 2. The molecule has 1 rings (SSSR count). The Bertz CT molecular complexity index is 454. The Hall–Kier alpha value is -0.920. The second-order valence-electron chi connectivity index (χ2n) is 4.23. The highest BCUT2D eigenvalue weighted by molar-refractivity contribution is 9.10. The van der Waals surface area contributed by atoms with Gasteiger partial charge in [0, 0.05) is 22.6 Å². The van der Waals surface area contributed by atoms with Gasteiger partial charge in [0.2, 0.25) is 0 Å². The molecule has 1 nitrogen and oxygen atoms in total. The molecular formula is C11H10BrF6N. The van der Waals surface area contributed by atoms with Crippen molar-refractivity contribution >= 4 is 21.6 Å². The number of anilines is 1. The van der Waals surface area contributed by atoms with E-state index in [-0.39, 0.29) is 22.6 Å². The molecule has 0 saturated heterocycles. The number of nitrogens with two attached hydrogens (primary N) is 1. The second kappa shape index (κ2) is 4.57. The van der Waals surface area contributed by atoms with Crippen molar-refractivity contribution in [2.24, 2.45) is 0 Å². The average molecular weight is 350 g/mol. The summed E-state index contributed by atoms with van der Waals surface area (Å²) in [5, 5.41) is 0. The monoisotopic (exact) mass is 349 g/mol. The van der Waals surface area contributed by atoms with E-state index in [1.54, 1.807) is 0 Å². The summed E-state index contributed by atoms with van der Waals surface area (Å²) in [6.07, 6.45) is -5.76. The molecule has 2 N–H and O–H groups in total. The Morgan fingerprint density at radius 1 is 1.05 bits per heavy atom. The molecule has 0 fully saturated rings. The molecule has 0 radical (unpaired) electrons. The Balaban J connectivity index is 3.62. The van der Waals surface area contributed by atoms with Crippen molar-refractivity contribution in [3.63, 3.8) is 0 Å². The second-order valence-corrected chi connectivity index (χ2v) is 5.09. The Kier molecular flexibility index (Phi) is 3.88. The third kappa shape index (κ3) is 2.54. The van der Waals surface area contributed by atoms with Gasteiger partial charge in [0.25, 0.3) is 11.6 Å². The first-order valence-corrected chi connectivity index (χ1v) is 5.81. The van der Waals surface area contributed by atoms with Gasteiger partial charge in [0.15, 0.2) is 0 Å². The van der Waals surface area contributed by atoms with E-state index in [2.05, 4.69) is 15.9 Å². The molecule has 108 valence electrons. The van der Waals surface area contributed by atoms with Crippen molar-refractivity contribution in [2.45, 2.75) is 31.6 Å². The minimum Gasteiger partial charge on any atom is -0.398 e. The summed E-state index contributed by atoms with van der Waals surface area (Å²) in [7, 11) is 0. The summed E-state index contributed by atoms with van der Waals surface area (Å²) in [5.74, 6) is -4.63. The van der Waals surface area contributed by atoms with Gasteiger partial charge in [-0.15, -0.1) is 0 Å². The molecule has 0 aliphatic rings. The van der Waals surface area contributed by atoms with E-state index in [9.17, 15) is 26.3 Å². The van der Waals surface area contributed by atoms with Gasteiger partial charge in [0.1, 0.15) is 0 Å². The molecule has 0 aliphatic heterocycles. The Labute approximate surface area is 113 Å². The summed E-state index contributed by atoms with van der Waals surface area (Å²) in [4.78, 5) is 0. The molecule has 0 amide bonds. The molecule has 0 spiro atoms. The van der Waals surface area contributed by atoms with E-state index in [0.717, 1.165) is 0 Å². The summed E-state index contributed by atoms with van der Waals surface area (Å²) in [5.41, 5.74) is -0.360. The predicted octanol–water partition coefficient (Wildman–Crippen LogP) is 4.72. The SMILES string of the molecule is Cc1cc(C(F)(C(C)(F)F)C(F)(F)F)cc(Br)c1N. The van der Waals surface area contributed by atoms with E-state index in [1.807, 2.05) is 0 Å². The normalized spacial score (nSPS) is 16.3. The highest BCUT2D eigenvalue weighted by atomic mass is 79.9. The maximum atomic E-state index is 14.1. The van der Waals surface area contributed by atoms with Gasteiger partial charge in [-0.1, -0.05) is 6.07 Å². The molecule has 8 heteroatoms. The summed E-state index contributed by atoms with van der Waals surface area (Å²) >= 11 is 2.82. The first-order chi connectivity index (χ1) is 8.32. The first-order valence-electron chi connectivity index (χ1n) is 5.02. The molecule has 0 saturated carbocycles. The minimum atomic E-state index is -5.76. The topological polar surface area (TPSA) is 26.0 Å². The van der Waals surface area contributed by atoms with Crippen molar-refractivity contribution in [1.82, 2.24) is 0 Å². The molecule has 1 atom stereocenters. The molecule has 1 aromatic rings. The van der Waals surface area contributed by atoms with Gasteiger partial charge in [-0.3, -0.25) is 0 Å². The number of aryl methyl sites for hydroxylation is 1. The van der Waals surface area contributed by atoms with Crippen LogP contribution in [0.15, 0.2) is 16.6 Å². The highest BCUT2D eigenvalue weighted by Gasteiger charge is 2.70. The van der Waals surface area contributed by atoms with Crippen molar-refractivity contribution < 1.29 is 26.3 Å². The zero-order valence-electron chi connectivity index (χ0n) is 9.88. The molecule has 19 heavy (non-hydrogen) atoms. The van der Waals surface area contributed by atoms with Crippen LogP contribution in [0.1, 0.15) is 18.1 Å². The van der Waals surface area contributed by atoms with E-state index >= 15 is 0 Å². The van der Waals surface area contributed by atoms with Crippen molar-refractivity contribution in [2.75, 3.05) is 5.73 Å². The van der Waals surface area contributed by atoms with Crippen LogP contribution in [0.25, 0.3) is 0 Å². The zero-order chi connectivity index (χ0) is 15.2. The lowest BCUT2D eigenvalue weighted by molar-refractivity contribution is -0.304. The van der Waals surface area contributed by atoms with Crippen LogP contribution in [0.5, 0.6) is 0 Å². The third-order valence-corrected chi connectivity index (χ3v) is 3.39. The van der Waals surface area contributed by atoms with Gasteiger partial charge in [-0.25, -0.2) is 13.2 Å². The number of alkyl halides is 6. The van der Waals surface area contributed by atoms with Crippen LogP contribution in [0.4, 0.5) is 32.0 Å². The maximum Gasteiger partial charge on any atom is 0.432 e. The van der Waals surface area contributed by atoms with Gasteiger partial charge >= 0.3 is 6.18 Å². The molecule has 0 aromatic heterocycles. The van der Waals surface area contributed by atoms with Crippen LogP contribution >= 0.6 is 15.9 Å². The first kappa shape index (κ1) is 16.1. The quantitative estimate of drug-likeness (QED) is 0.606. The lowest BCUT2D eigenvalue weighted by Crippen LogP contribution is -2.51. The van der Waals surface area contributed by atoms with Gasteiger partial charge in [-0.05, 0) is 34.5 Å². The largest absolute Gasteiger partial charge is 0.432 e. The van der Waals surface area contributed by atoms with Crippen LogP contribution in [-0.4, -0.2) is 12.1 Å². The minimum absolute atomic E-state index is 0.0627. The fraction of sp³-hybridized carbons (Fsp3) is 0.455. The molecule has 1 unspecified atom stereocenters. The number of benzene rings is 1. The molecule has 1 aromatic carbocycles. The lowest BCUT2D eigenvalue weighted by atomic mass is 9.88. The number of nitrogen functional groups attached to an aromatic ring is 1. The van der Waals surface area contributed by atoms with Gasteiger partial charge < -0.3 is 5.73 Å². The van der Waals surface area contributed by atoms with Crippen LogP contribution < -0.4 is 5.73 Å². The van der Waals surface area contributed by atoms with Crippen molar-refractivity contribution in [3.8, 4) is 0 Å². The standard InChI is InChI=1S/C11H10BrF6N/c1-5-3-6(4-7(12)8(5)19)10(15,9(2,13)14)11(16,17)18/h3-4H,19H2,1-2H3.